The number of rotatable bonds is 5. The van der Waals surface area contributed by atoms with Crippen molar-refractivity contribution in [3.8, 4) is 0 Å². The van der Waals surface area contributed by atoms with Crippen LogP contribution in [0, 0.1) is 5.92 Å². The number of nitrogens with zero attached hydrogens (tertiary/aromatic N) is 4. The number of hydrogen-bond donors (Lipinski definition) is 0. The molecule has 0 atom stereocenters. The maximum atomic E-state index is 4.63. The lowest BCUT2D eigenvalue weighted by Gasteiger charge is -2.37. The Morgan fingerprint density at radius 2 is 1.07 bits per heavy atom. The van der Waals surface area contributed by atoms with Crippen molar-refractivity contribution < 1.29 is 0 Å². The van der Waals surface area contributed by atoms with Gasteiger partial charge in [0.15, 0.2) is 5.82 Å². The Kier molecular flexibility index (Phi) is 5.14. The highest BCUT2D eigenvalue weighted by Gasteiger charge is 2.42. The Morgan fingerprint density at radius 1 is 0.600 bits per heavy atom. The van der Waals surface area contributed by atoms with Crippen molar-refractivity contribution in [1.29, 1.82) is 0 Å². The highest BCUT2D eigenvalue weighted by atomic mass is 15.6. The average molecular weight is 394 g/mol. The van der Waals surface area contributed by atoms with Crippen molar-refractivity contribution in [2.45, 2.75) is 37.6 Å². The van der Waals surface area contributed by atoms with E-state index in [0.29, 0.717) is 0 Å². The van der Waals surface area contributed by atoms with E-state index in [-0.39, 0.29) is 0 Å². The van der Waals surface area contributed by atoms with Crippen LogP contribution in [-0.2, 0) is 5.54 Å². The fourth-order valence-corrected chi connectivity index (χ4v) is 4.74. The third kappa shape index (κ3) is 3.13. The lowest BCUT2D eigenvalue weighted by molar-refractivity contribution is 0.421. The van der Waals surface area contributed by atoms with Gasteiger partial charge in [0.05, 0.1) is 0 Å². The predicted octanol–water partition coefficient (Wildman–Crippen LogP) is 5.40. The molecule has 1 aromatic heterocycles. The SMILES string of the molecule is c1ccc(C(c2ccccc2)(c2ccccc2)n2nnnc2[C]2CCCCC2)cc1. The molecule has 1 fully saturated rings. The topological polar surface area (TPSA) is 43.6 Å². The van der Waals surface area contributed by atoms with Gasteiger partial charge in [0.25, 0.3) is 0 Å². The summed E-state index contributed by atoms with van der Waals surface area (Å²) in [4.78, 5) is 0. The Labute approximate surface area is 177 Å². The minimum absolute atomic E-state index is 0.646. The molecule has 0 amide bonds. The van der Waals surface area contributed by atoms with Crippen molar-refractivity contribution in [3.63, 3.8) is 0 Å². The van der Waals surface area contributed by atoms with Crippen molar-refractivity contribution in [1.82, 2.24) is 20.2 Å². The molecule has 1 heterocycles. The van der Waals surface area contributed by atoms with Crippen LogP contribution < -0.4 is 0 Å². The zero-order valence-corrected chi connectivity index (χ0v) is 17.0. The van der Waals surface area contributed by atoms with Crippen LogP contribution in [0.3, 0.4) is 0 Å². The number of tetrazole rings is 1. The maximum Gasteiger partial charge on any atom is 0.160 e. The molecule has 0 N–H and O–H groups in total. The molecule has 0 spiro atoms. The van der Waals surface area contributed by atoms with Crippen LogP contribution in [0.4, 0.5) is 0 Å². The molecule has 0 unspecified atom stereocenters. The van der Waals surface area contributed by atoms with Crippen LogP contribution in [0.2, 0.25) is 0 Å². The lowest BCUT2D eigenvalue weighted by atomic mass is 9.76. The quantitative estimate of drug-likeness (QED) is 0.426. The average Bonchev–Trinajstić information content (AvgIpc) is 3.33. The molecule has 1 aliphatic carbocycles. The minimum Gasteiger partial charge on any atom is -0.209 e. The van der Waals surface area contributed by atoms with E-state index in [1.807, 2.05) is 0 Å². The Hall–Kier alpha value is -3.27. The summed E-state index contributed by atoms with van der Waals surface area (Å²) in [5.74, 6) is 2.27. The monoisotopic (exact) mass is 393 g/mol. The largest absolute Gasteiger partial charge is 0.209 e. The van der Waals surface area contributed by atoms with Gasteiger partial charge in [0.1, 0.15) is 5.54 Å². The van der Waals surface area contributed by atoms with Gasteiger partial charge in [-0.15, -0.1) is 5.10 Å². The number of benzene rings is 3. The Bertz CT molecular complexity index is 971. The second-order valence-electron chi connectivity index (χ2n) is 7.89. The summed E-state index contributed by atoms with van der Waals surface area (Å²) in [6, 6.07) is 31.8. The van der Waals surface area contributed by atoms with Gasteiger partial charge in [-0.05, 0) is 40.0 Å². The smallest absolute Gasteiger partial charge is 0.160 e. The van der Waals surface area contributed by atoms with E-state index in [2.05, 4.69) is 111 Å². The van der Waals surface area contributed by atoms with Crippen LogP contribution >= 0.6 is 0 Å². The second kappa shape index (κ2) is 8.23. The van der Waals surface area contributed by atoms with Crippen LogP contribution in [0.1, 0.15) is 54.6 Å². The van der Waals surface area contributed by atoms with Gasteiger partial charge in [-0.25, -0.2) is 4.68 Å². The van der Waals surface area contributed by atoms with Gasteiger partial charge in [-0.3, -0.25) is 0 Å². The molecule has 0 saturated heterocycles. The van der Waals surface area contributed by atoms with Gasteiger partial charge in [-0.1, -0.05) is 110 Å². The minimum atomic E-state index is -0.646. The lowest BCUT2D eigenvalue weighted by Crippen LogP contribution is -2.40. The first-order chi connectivity index (χ1) is 14.9. The summed E-state index contributed by atoms with van der Waals surface area (Å²) in [7, 11) is 0. The first-order valence-corrected chi connectivity index (χ1v) is 10.7. The van der Waals surface area contributed by atoms with Crippen molar-refractivity contribution in [2.24, 2.45) is 0 Å². The summed E-state index contributed by atoms with van der Waals surface area (Å²) in [6.07, 6.45) is 5.82. The van der Waals surface area contributed by atoms with Crippen molar-refractivity contribution in [3.05, 3.63) is 119 Å². The molecular formula is C26H25N4. The molecule has 5 rings (SSSR count). The Morgan fingerprint density at radius 3 is 1.53 bits per heavy atom. The highest BCUT2D eigenvalue weighted by molar-refractivity contribution is 5.51. The standard InChI is InChI=1S/C26H25N4/c1-5-13-21(14-6-1)25-27-28-29-30(25)26(22-15-7-2-8-16-22,23-17-9-3-10-18-23)24-19-11-4-12-20-24/h2-4,7-12,15-20H,1,5-6,13-14H2. The highest BCUT2D eigenvalue weighted by Crippen LogP contribution is 2.42. The fourth-order valence-electron chi connectivity index (χ4n) is 4.74. The van der Waals surface area contributed by atoms with E-state index < -0.39 is 5.54 Å². The van der Waals surface area contributed by atoms with E-state index in [4.69, 9.17) is 0 Å². The zero-order chi connectivity index (χ0) is 20.2. The van der Waals surface area contributed by atoms with Crippen LogP contribution in [0.5, 0.6) is 0 Å². The van der Waals surface area contributed by atoms with Crippen molar-refractivity contribution in [2.75, 3.05) is 0 Å². The van der Waals surface area contributed by atoms with Crippen LogP contribution in [0.15, 0.2) is 91.0 Å². The first-order valence-electron chi connectivity index (χ1n) is 10.7. The van der Waals surface area contributed by atoms with Gasteiger partial charge in [0, 0.05) is 5.92 Å². The summed E-state index contributed by atoms with van der Waals surface area (Å²) < 4.78 is 2.06. The van der Waals surface area contributed by atoms with Gasteiger partial charge >= 0.3 is 0 Å². The molecular weight excluding hydrogens is 368 g/mol. The molecule has 4 nitrogen and oxygen atoms in total. The van der Waals surface area contributed by atoms with E-state index in [1.54, 1.807) is 0 Å². The van der Waals surface area contributed by atoms with Gasteiger partial charge in [-0.2, -0.15) is 0 Å². The zero-order valence-electron chi connectivity index (χ0n) is 17.0. The molecule has 149 valence electrons. The van der Waals surface area contributed by atoms with E-state index in [0.717, 1.165) is 35.4 Å². The van der Waals surface area contributed by atoms with E-state index in [1.165, 1.54) is 25.2 Å². The summed E-state index contributed by atoms with van der Waals surface area (Å²) in [6.45, 7) is 0. The molecule has 4 heteroatoms. The molecule has 1 saturated carbocycles. The Balaban J connectivity index is 1.83. The molecule has 3 aromatic carbocycles. The molecule has 1 radical (unpaired) electrons. The van der Waals surface area contributed by atoms with Crippen molar-refractivity contribution >= 4 is 0 Å². The number of hydrogen-bond acceptors (Lipinski definition) is 3. The molecule has 4 aromatic rings. The summed E-state index contributed by atoms with van der Waals surface area (Å²) in [5, 5.41) is 13.4. The van der Waals surface area contributed by atoms with E-state index >= 15 is 0 Å². The molecule has 1 aliphatic rings. The molecule has 0 aliphatic heterocycles. The van der Waals surface area contributed by atoms with Gasteiger partial charge in [0.2, 0.25) is 0 Å². The van der Waals surface area contributed by atoms with Crippen LogP contribution in [0.25, 0.3) is 0 Å². The third-order valence-electron chi connectivity index (χ3n) is 6.14. The normalized spacial score (nSPS) is 15.2. The second-order valence-corrected chi connectivity index (χ2v) is 7.89. The summed E-state index contributed by atoms with van der Waals surface area (Å²) in [5.41, 5.74) is 2.79. The first kappa shape index (κ1) is 18.7. The predicted molar refractivity (Wildman–Crippen MR) is 118 cm³/mol. The van der Waals surface area contributed by atoms with Gasteiger partial charge < -0.3 is 0 Å². The van der Waals surface area contributed by atoms with Crippen LogP contribution in [-0.4, -0.2) is 20.2 Å². The fraction of sp³-hybridized carbons (Fsp3) is 0.231. The maximum absolute atomic E-state index is 4.63. The number of aromatic nitrogens is 4. The molecule has 30 heavy (non-hydrogen) atoms. The molecule has 0 bridgehead atoms. The summed E-state index contributed by atoms with van der Waals surface area (Å²) >= 11 is 0. The third-order valence-corrected chi connectivity index (χ3v) is 6.14. The van der Waals surface area contributed by atoms with E-state index in [9.17, 15) is 0 Å².